The number of aliphatic hydroxyl groups excluding tert-OH is 1. The zero-order valence-electron chi connectivity index (χ0n) is 11.1. The smallest absolute Gasteiger partial charge is 0.265 e. The lowest BCUT2D eigenvalue weighted by atomic mass is 10.1. The first-order valence-corrected chi connectivity index (χ1v) is 6.62. The molecule has 1 heterocycles. The van der Waals surface area contributed by atoms with Gasteiger partial charge in [0.2, 0.25) is 0 Å². The van der Waals surface area contributed by atoms with Crippen molar-refractivity contribution in [2.45, 2.75) is 32.4 Å². The fraction of sp³-hybridized carbons (Fsp3) is 0.500. The molecule has 0 aromatic heterocycles. The molecule has 0 saturated heterocycles. The van der Waals surface area contributed by atoms with Crippen molar-refractivity contribution in [2.24, 2.45) is 0 Å². The summed E-state index contributed by atoms with van der Waals surface area (Å²) in [5.74, 6) is 0.608. The largest absolute Gasteiger partial charge is 0.479 e. The van der Waals surface area contributed by atoms with Gasteiger partial charge in [0, 0.05) is 13.2 Å². The maximum absolute atomic E-state index is 11.5. The number of benzene rings is 1. The zero-order chi connectivity index (χ0) is 13.7. The summed E-state index contributed by atoms with van der Waals surface area (Å²) in [6.45, 7) is 3.58. The number of carbonyl (C=O) groups is 1. The molecule has 0 saturated carbocycles. The van der Waals surface area contributed by atoms with E-state index in [1.807, 2.05) is 18.2 Å². The molecule has 1 aromatic carbocycles. The first kappa shape index (κ1) is 13.8. The van der Waals surface area contributed by atoms with Crippen LogP contribution in [0.5, 0.6) is 5.75 Å². The van der Waals surface area contributed by atoms with E-state index in [0.29, 0.717) is 0 Å². The number of aliphatic hydroxyl groups is 1. The second kappa shape index (κ2) is 6.54. The van der Waals surface area contributed by atoms with Gasteiger partial charge in [0.05, 0.1) is 5.69 Å². The molecule has 0 aliphatic carbocycles. The molecule has 1 aromatic rings. The van der Waals surface area contributed by atoms with Gasteiger partial charge >= 0.3 is 0 Å². The highest BCUT2D eigenvalue weighted by atomic mass is 16.5. The quantitative estimate of drug-likeness (QED) is 0.677. The summed E-state index contributed by atoms with van der Waals surface area (Å²) in [6, 6.07) is 5.80. The topological polar surface area (TPSA) is 70.6 Å². The Morgan fingerprint density at radius 3 is 3.05 bits per heavy atom. The first-order chi connectivity index (χ1) is 9.20. The maximum atomic E-state index is 11.5. The molecule has 1 unspecified atom stereocenters. The Hall–Kier alpha value is -1.59. The number of unbranched alkanes of at least 4 members (excludes halogenated alkanes) is 1. The fourth-order valence-corrected chi connectivity index (χ4v) is 1.96. The minimum Gasteiger partial charge on any atom is -0.479 e. The molecule has 19 heavy (non-hydrogen) atoms. The van der Waals surface area contributed by atoms with E-state index in [1.165, 1.54) is 0 Å². The van der Waals surface area contributed by atoms with Crippen LogP contribution < -0.4 is 15.4 Å². The van der Waals surface area contributed by atoms with Crippen molar-refractivity contribution in [3.63, 3.8) is 0 Å². The second-order valence-corrected chi connectivity index (χ2v) is 4.69. The Kier molecular flexibility index (Phi) is 4.76. The molecular formula is C14H20N2O3. The highest BCUT2D eigenvalue weighted by molar-refractivity contribution is 5.97. The molecular weight excluding hydrogens is 244 g/mol. The van der Waals surface area contributed by atoms with Crippen molar-refractivity contribution in [1.82, 2.24) is 5.32 Å². The second-order valence-electron chi connectivity index (χ2n) is 4.69. The number of amides is 1. The summed E-state index contributed by atoms with van der Waals surface area (Å²) in [5.41, 5.74) is 1.83. The van der Waals surface area contributed by atoms with Gasteiger partial charge < -0.3 is 20.5 Å². The Balaban J connectivity index is 1.90. The molecule has 5 nitrogen and oxygen atoms in total. The molecule has 5 heteroatoms. The van der Waals surface area contributed by atoms with E-state index in [9.17, 15) is 4.79 Å². The maximum Gasteiger partial charge on any atom is 0.265 e. The standard InChI is InChI=1S/C14H20N2O3/c1-10-14(18)16-12-8-11(4-5-13(12)19-10)9-15-6-2-3-7-17/h4-5,8,10,15,17H,2-3,6-7,9H2,1H3,(H,16,18). The van der Waals surface area contributed by atoms with Gasteiger partial charge in [0.25, 0.3) is 5.91 Å². The molecule has 1 atom stereocenters. The number of nitrogens with one attached hydrogen (secondary N) is 2. The SMILES string of the molecule is CC1Oc2ccc(CNCCCCO)cc2NC1=O. The van der Waals surface area contributed by atoms with Crippen molar-refractivity contribution < 1.29 is 14.6 Å². The van der Waals surface area contributed by atoms with Crippen LogP contribution in [0, 0.1) is 0 Å². The molecule has 104 valence electrons. The van der Waals surface area contributed by atoms with Crippen LogP contribution in [-0.2, 0) is 11.3 Å². The van der Waals surface area contributed by atoms with Gasteiger partial charge in [-0.15, -0.1) is 0 Å². The molecule has 1 aliphatic heterocycles. The number of hydrogen-bond acceptors (Lipinski definition) is 4. The molecule has 0 fully saturated rings. The summed E-state index contributed by atoms with van der Waals surface area (Å²) >= 11 is 0. The van der Waals surface area contributed by atoms with Gasteiger partial charge in [-0.25, -0.2) is 0 Å². The van der Waals surface area contributed by atoms with Crippen molar-refractivity contribution >= 4 is 11.6 Å². The van der Waals surface area contributed by atoms with E-state index in [2.05, 4.69) is 10.6 Å². The lowest BCUT2D eigenvalue weighted by Crippen LogP contribution is -2.34. The Morgan fingerprint density at radius 1 is 1.42 bits per heavy atom. The van der Waals surface area contributed by atoms with E-state index in [-0.39, 0.29) is 12.5 Å². The summed E-state index contributed by atoms with van der Waals surface area (Å²) in [4.78, 5) is 11.5. The molecule has 0 spiro atoms. The molecule has 1 amide bonds. The molecule has 3 N–H and O–H groups in total. The van der Waals surface area contributed by atoms with E-state index >= 15 is 0 Å². The van der Waals surface area contributed by atoms with Crippen molar-refractivity contribution in [3.05, 3.63) is 23.8 Å². The lowest BCUT2D eigenvalue weighted by Gasteiger charge is -2.23. The number of rotatable bonds is 6. The summed E-state index contributed by atoms with van der Waals surface area (Å²) < 4.78 is 5.50. The van der Waals surface area contributed by atoms with Gasteiger partial charge in [-0.05, 0) is 44.0 Å². The average Bonchev–Trinajstić information content (AvgIpc) is 2.40. The number of anilines is 1. The monoisotopic (exact) mass is 264 g/mol. The highest BCUT2D eigenvalue weighted by Gasteiger charge is 2.23. The zero-order valence-corrected chi connectivity index (χ0v) is 11.1. The van der Waals surface area contributed by atoms with Gasteiger partial charge in [0.1, 0.15) is 5.75 Å². The number of fused-ring (bicyclic) bond motifs is 1. The van der Waals surface area contributed by atoms with E-state index in [4.69, 9.17) is 9.84 Å². The van der Waals surface area contributed by atoms with E-state index in [1.54, 1.807) is 6.92 Å². The third-order valence-corrected chi connectivity index (χ3v) is 3.07. The predicted octanol–water partition coefficient (Wildman–Crippen LogP) is 1.27. The molecule has 0 radical (unpaired) electrons. The third-order valence-electron chi connectivity index (χ3n) is 3.07. The van der Waals surface area contributed by atoms with Gasteiger partial charge in [0.15, 0.2) is 6.10 Å². The summed E-state index contributed by atoms with van der Waals surface area (Å²) in [7, 11) is 0. The number of carbonyl (C=O) groups excluding carboxylic acids is 1. The van der Waals surface area contributed by atoms with Gasteiger partial charge in [-0.2, -0.15) is 0 Å². The normalized spacial score (nSPS) is 17.6. The van der Waals surface area contributed by atoms with Gasteiger partial charge in [-0.1, -0.05) is 6.07 Å². The molecule has 1 aliphatic rings. The van der Waals surface area contributed by atoms with Crippen LogP contribution in [0.2, 0.25) is 0 Å². The third kappa shape index (κ3) is 3.68. The van der Waals surface area contributed by atoms with Crippen molar-refractivity contribution in [1.29, 1.82) is 0 Å². The minimum absolute atomic E-state index is 0.111. The molecule has 0 bridgehead atoms. The minimum atomic E-state index is -0.435. The van der Waals surface area contributed by atoms with Crippen LogP contribution >= 0.6 is 0 Å². The van der Waals surface area contributed by atoms with Crippen LogP contribution in [0.25, 0.3) is 0 Å². The predicted molar refractivity (Wildman–Crippen MR) is 73.2 cm³/mol. The van der Waals surface area contributed by atoms with E-state index < -0.39 is 6.10 Å². The van der Waals surface area contributed by atoms with Crippen LogP contribution in [0.4, 0.5) is 5.69 Å². The van der Waals surface area contributed by atoms with Crippen LogP contribution in [0.15, 0.2) is 18.2 Å². The fourth-order valence-electron chi connectivity index (χ4n) is 1.96. The summed E-state index contributed by atoms with van der Waals surface area (Å²) in [6.07, 6.45) is 1.34. The van der Waals surface area contributed by atoms with Crippen LogP contribution in [0.3, 0.4) is 0 Å². The number of ether oxygens (including phenoxy) is 1. The van der Waals surface area contributed by atoms with E-state index in [0.717, 1.165) is 42.9 Å². The first-order valence-electron chi connectivity index (χ1n) is 6.62. The highest BCUT2D eigenvalue weighted by Crippen LogP contribution is 2.30. The average molecular weight is 264 g/mol. The van der Waals surface area contributed by atoms with Crippen molar-refractivity contribution in [3.8, 4) is 5.75 Å². The summed E-state index contributed by atoms with van der Waals surface area (Å²) in [5, 5.41) is 14.8. The lowest BCUT2D eigenvalue weighted by molar-refractivity contribution is -0.122. The Labute approximate surface area is 113 Å². The van der Waals surface area contributed by atoms with Crippen molar-refractivity contribution in [2.75, 3.05) is 18.5 Å². The Morgan fingerprint density at radius 2 is 2.26 bits per heavy atom. The number of hydrogen-bond donors (Lipinski definition) is 3. The van der Waals surface area contributed by atoms with Crippen LogP contribution in [-0.4, -0.2) is 30.3 Å². The van der Waals surface area contributed by atoms with Gasteiger partial charge in [-0.3, -0.25) is 4.79 Å². The Bertz CT molecular complexity index is 448. The van der Waals surface area contributed by atoms with Crippen LogP contribution in [0.1, 0.15) is 25.3 Å². The molecule has 2 rings (SSSR count).